The molecule has 0 aliphatic carbocycles. The molecule has 0 aliphatic rings. The van der Waals surface area contributed by atoms with Gasteiger partial charge in [-0.2, -0.15) is 0 Å². The minimum atomic E-state index is -0.987. The highest BCUT2D eigenvalue weighted by molar-refractivity contribution is 5.69. The molecule has 0 saturated carbocycles. The minimum Gasteiger partial charge on any atom is -0.480 e. The fourth-order valence-electron chi connectivity index (χ4n) is 1.38. The molecule has 0 unspecified atom stereocenters. The second kappa shape index (κ2) is 5.55. The summed E-state index contributed by atoms with van der Waals surface area (Å²) in [7, 11) is 0. The fraction of sp³-hybridized carbons (Fsp3) is 0.364. The average Bonchev–Trinajstić information content (AvgIpc) is 2.23. The molecule has 0 amide bonds. The van der Waals surface area contributed by atoms with Gasteiger partial charge in [-0.05, 0) is 12.6 Å². The van der Waals surface area contributed by atoms with Gasteiger partial charge in [0.1, 0.15) is 0 Å². The monoisotopic (exact) mass is 229 g/mol. The van der Waals surface area contributed by atoms with Gasteiger partial charge in [-0.3, -0.25) is 9.69 Å². The molecule has 1 rings (SSSR count). The number of likely N-dealkylation sites (N-methyl/N-ethyl adjacent to an activating group) is 1. The number of hydrogen-bond acceptors (Lipinski definition) is 2. The number of halogens is 2. The summed E-state index contributed by atoms with van der Waals surface area (Å²) < 4.78 is 26.2. The molecule has 1 aromatic rings. The van der Waals surface area contributed by atoms with Crippen LogP contribution in [0.15, 0.2) is 18.2 Å². The van der Waals surface area contributed by atoms with E-state index in [4.69, 9.17) is 5.11 Å². The van der Waals surface area contributed by atoms with Crippen LogP contribution in [0.2, 0.25) is 0 Å². The molecule has 0 fully saturated rings. The van der Waals surface area contributed by atoms with E-state index in [1.54, 1.807) is 6.92 Å². The summed E-state index contributed by atoms with van der Waals surface area (Å²) in [4.78, 5) is 12.0. The smallest absolute Gasteiger partial charge is 0.317 e. The lowest BCUT2D eigenvalue weighted by Crippen LogP contribution is -2.29. The Morgan fingerprint density at radius 2 is 2.12 bits per heavy atom. The first-order valence-electron chi connectivity index (χ1n) is 4.91. The molecule has 0 bridgehead atoms. The maximum atomic E-state index is 13.3. The number of carboxylic acid groups (broad SMARTS) is 1. The Labute approximate surface area is 92.3 Å². The van der Waals surface area contributed by atoms with Gasteiger partial charge >= 0.3 is 5.97 Å². The van der Waals surface area contributed by atoms with Crippen LogP contribution in [0.3, 0.4) is 0 Å². The zero-order valence-corrected chi connectivity index (χ0v) is 8.91. The van der Waals surface area contributed by atoms with E-state index < -0.39 is 17.6 Å². The predicted molar refractivity (Wildman–Crippen MR) is 54.9 cm³/mol. The van der Waals surface area contributed by atoms with Gasteiger partial charge in [0.05, 0.1) is 6.54 Å². The molecule has 1 aromatic carbocycles. The Balaban J connectivity index is 2.77. The van der Waals surface area contributed by atoms with Crippen molar-refractivity contribution in [3.63, 3.8) is 0 Å². The number of aliphatic carboxylic acids is 1. The maximum absolute atomic E-state index is 13.3. The molecular weight excluding hydrogens is 216 g/mol. The second-order valence-corrected chi connectivity index (χ2v) is 3.41. The van der Waals surface area contributed by atoms with E-state index in [2.05, 4.69) is 0 Å². The quantitative estimate of drug-likeness (QED) is 0.838. The van der Waals surface area contributed by atoms with E-state index in [9.17, 15) is 13.6 Å². The molecule has 88 valence electrons. The zero-order chi connectivity index (χ0) is 12.1. The van der Waals surface area contributed by atoms with Gasteiger partial charge < -0.3 is 5.11 Å². The Bertz CT molecular complexity index is 382. The highest BCUT2D eigenvalue weighted by Crippen LogP contribution is 2.13. The van der Waals surface area contributed by atoms with Crippen LogP contribution in [0.5, 0.6) is 0 Å². The first-order valence-corrected chi connectivity index (χ1v) is 4.91. The van der Waals surface area contributed by atoms with Crippen molar-refractivity contribution in [3.8, 4) is 0 Å². The van der Waals surface area contributed by atoms with Crippen molar-refractivity contribution >= 4 is 5.97 Å². The molecule has 5 heteroatoms. The summed E-state index contributed by atoms with van der Waals surface area (Å²) >= 11 is 0. The van der Waals surface area contributed by atoms with Gasteiger partial charge in [0, 0.05) is 12.1 Å². The summed E-state index contributed by atoms with van der Waals surface area (Å²) in [5, 5.41) is 8.61. The van der Waals surface area contributed by atoms with Crippen LogP contribution in [0.4, 0.5) is 8.78 Å². The van der Waals surface area contributed by atoms with E-state index in [1.807, 2.05) is 0 Å². The lowest BCUT2D eigenvalue weighted by molar-refractivity contribution is -0.138. The van der Waals surface area contributed by atoms with Gasteiger partial charge in [-0.15, -0.1) is 0 Å². The minimum absolute atomic E-state index is 0.0897. The van der Waals surface area contributed by atoms with Crippen LogP contribution < -0.4 is 0 Å². The van der Waals surface area contributed by atoms with Crippen molar-refractivity contribution in [1.29, 1.82) is 0 Å². The van der Waals surface area contributed by atoms with Gasteiger partial charge in [-0.1, -0.05) is 19.1 Å². The maximum Gasteiger partial charge on any atom is 0.317 e. The van der Waals surface area contributed by atoms with Crippen LogP contribution in [0.1, 0.15) is 12.5 Å². The van der Waals surface area contributed by atoms with E-state index in [1.165, 1.54) is 17.0 Å². The van der Waals surface area contributed by atoms with E-state index in [-0.39, 0.29) is 18.7 Å². The van der Waals surface area contributed by atoms with Crippen molar-refractivity contribution in [1.82, 2.24) is 4.90 Å². The van der Waals surface area contributed by atoms with Crippen LogP contribution in [0, 0.1) is 11.6 Å². The third-order valence-electron chi connectivity index (χ3n) is 2.23. The number of carbonyl (C=O) groups is 1. The zero-order valence-electron chi connectivity index (χ0n) is 8.91. The first-order chi connectivity index (χ1) is 7.54. The lowest BCUT2D eigenvalue weighted by Gasteiger charge is -2.18. The van der Waals surface area contributed by atoms with E-state index >= 15 is 0 Å². The largest absolute Gasteiger partial charge is 0.480 e. The predicted octanol–water partition coefficient (Wildman–Crippen LogP) is 1.87. The van der Waals surface area contributed by atoms with E-state index in [0.717, 1.165) is 6.07 Å². The van der Waals surface area contributed by atoms with Crippen molar-refractivity contribution in [2.45, 2.75) is 13.5 Å². The number of benzene rings is 1. The highest BCUT2D eigenvalue weighted by atomic mass is 19.2. The Morgan fingerprint density at radius 3 is 2.69 bits per heavy atom. The summed E-state index contributed by atoms with van der Waals surface area (Å²) in [6.07, 6.45) is 0. The Hall–Kier alpha value is -1.49. The fourth-order valence-corrected chi connectivity index (χ4v) is 1.38. The van der Waals surface area contributed by atoms with Crippen LogP contribution in [0.25, 0.3) is 0 Å². The SMILES string of the molecule is CCN(CC(=O)O)Cc1cccc(F)c1F. The third kappa shape index (κ3) is 3.27. The summed E-state index contributed by atoms with van der Waals surface area (Å²) in [6, 6.07) is 3.89. The molecule has 0 heterocycles. The van der Waals surface area contributed by atoms with Gasteiger partial charge in [0.15, 0.2) is 11.6 Å². The lowest BCUT2D eigenvalue weighted by atomic mass is 10.2. The molecule has 0 radical (unpaired) electrons. The van der Waals surface area contributed by atoms with E-state index in [0.29, 0.717) is 6.54 Å². The van der Waals surface area contributed by atoms with Crippen molar-refractivity contribution in [2.24, 2.45) is 0 Å². The molecule has 16 heavy (non-hydrogen) atoms. The molecule has 0 spiro atoms. The Kier molecular flexibility index (Phi) is 4.37. The Morgan fingerprint density at radius 1 is 1.44 bits per heavy atom. The summed E-state index contributed by atoms with van der Waals surface area (Å²) in [6.45, 7) is 2.13. The molecule has 0 atom stereocenters. The first kappa shape index (κ1) is 12.6. The van der Waals surface area contributed by atoms with Gasteiger partial charge in [0.25, 0.3) is 0 Å². The number of rotatable bonds is 5. The van der Waals surface area contributed by atoms with Gasteiger partial charge in [0.2, 0.25) is 0 Å². The average molecular weight is 229 g/mol. The van der Waals surface area contributed by atoms with Crippen molar-refractivity contribution < 1.29 is 18.7 Å². The summed E-state index contributed by atoms with van der Waals surface area (Å²) in [5.41, 5.74) is 0.170. The van der Waals surface area contributed by atoms with Crippen LogP contribution >= 0.6 is 0 Å². The molecular formula is C11H13F2NO2. The molecule has 0 aliphatic heterocycles. The topological polar surface area (TPSA) is 40.5 Å². The highest BCUT2D eigenvalue weighted by Gasteiger charge is 2.13. The standard InChI is InChI=1S/C11H13F2NO2/c1-2-14(7-10(15)16)6-8-4-3-5-9(12)11(8)13/h3-5H,2,6-7H2,1H3,(H,15,16). The summed E-state index contributed by atoms with van der Waals surface area (Å²) in [5.74, 6) is -2.81. The third-order valence-corrected chi connectivity index (χ3v) is 2.23. The van der Waals surface area contributed by atoms with Crippen molar-refractivity contribution in [3.05, 3.63) is 35.4 Å². The normalized spacial score (nSPS) is 10.8. The van der Waals surface area contributed by atoms with Crippen LogP contribution in [-0.4, -0.2) is 29.1 Å². The molecule has 3 nitrogen and oxygen atoms in total. The molecule has 1 N–H and O–H groups in total. The molecule has 0 saturated heterocycles. The second-order valence-electron chi connectivity index (χ2n) is 3.41. The molecule has 0 aromatic heterocycles. The van der Waals surface area contributed by atoms with Crippen LogP contribution in [-0.2, 0) is 11.3 Å². The van der Waals surface area contributed by atoms with Gasteiger partial charge in [-0.25, -0.2) is 8.78 Å². The number of hydrogen-bond donors (Lipinski definition) is 1. The number of carboxylic acids is 1. The number of nitrogens with zero attached hydrogens (tertiary/aromatic N) is 1. The van der Waals surface area contributed by atoms with Crippen molar-refractivity contribution in [2.75, 3.05) is 13.1 Å².